The summed E-state index contributed by atoms with van der Waals surface area (Å²) >= 11 is 0. The monoisotopic (exact) mass is 396 g/mol. The van der Waals surface area contributed by atoms with E-state index in [1.165, 1.54) is 18.2 Å². The van der Waals surface area contributed by atoms with Gasteiger partial charge in [-0.3, -0.25) is 14.5 Å². The van der Waals surface area contributed by atoms with Gasteiger partial charge in [-0.05, 0) is 49.2 Å². The zero-order chi connectivity index (χ0) is 20.5. The number of aromatic nitrogens is 3. The minimum Gasteiger partial charge on any atom is -0.384 e. The highest BCUT2D eigenvalue weighted by atomic mass is 19.1. The van der Waals surface area contributed by atoms with Gasteiger partial charge >= 0.3 is 0 Å². The fourth-order valence-electron chi connectivity index (χ4n) is 3.63. The van der Waals surface area contributed by atoms with Crippen LogP contribution >= 0.6 is 0 Å². The Labute approximate surface area is 166 Å². The molecule has 29 heavy (non-hydrogen) atoms. The van der Waals surface area contributed by atoms with Crippen molar-refractivity contribution in [3.63, 3.8) is 0 Å². The molecule has 0 radical (unpaired) electrons. The highest BCUT2D eigenvalue weighted by Crippen LogP contribution is 2.19. The van der Waals surface area contributed by atoms with Crippen LogP contribution in [0.5, 0.6) is 0 Å². The van der Waals surface area contributed by atoms with Crippen molar-refractivity contribution in [1.29, 1.82) is 0 Å². The number of pyridine rings is 1. The second-order valence-electron chi connectivity index (χ2n) is 7.25. The first-order valence-electron chi connectivity index (χ1n) is 9.30. The number of likely N-dealkylation sites (N-methyl/N-ethyl adjacent to an activating group) is 1. The van der Waals surface area contributed by atoms with Gasteiger partial charge in [0.25, 0.3) is 11.5 Å². The van der Waals surface area contributed by atoms with Crippen LogP contribution in [0.2, 0.25) is 0 Å². The molecule has 2 aromatic heterocycles. The number of fused-ring (bicyclic) bond motifs is 1. The fraction of sp³-hybridized carbons (Fsp3) is 0.300. The molecule has 3 aromatic rings. The Morgan fingerprint density at radius 1 is 1.38 bits per heavy atom. The van der Waals surface area contributed by atoms with Crippen LogP contribution in [-0.2, 0) is 6.54 Å². The molecule has 4 rings (SSSR count). The van der Waals surface area contributed by atoms with E-state index in [0.717, 1.165) is 6.42 Å². The van der Waals surface area contributed by atoms with E-state index in [9.17, 15) is 14.0 Å². The molecule has 8 nitrogen and oxygen atoms in total. The number of benzene rings is 1. The van der Waals surface area contributed by atoms with E-state index < -0.39 is 11.4 Å². The molecule has 1 unspecified atom stereocenters. The Morgan fingerprint density at radius 2 is 2.21 bits per heavy atom. The third kappa shape index (κ3) is 3.95. The summed E-state index contributed by atoms with van der Waals surface area (Å²) in [6.45, 7) is 1.56. The van der Waals surface area contributed by atoms with E-state index in [2.05, 4.69) is 19.9 Å². The van der Waals surface area contributed by atoms with E-state index in [1.54, 1.807) is 23.2 Å². The number of anilines is 1. The van der Waals surface area contributed by atoms with Gasteiger partial charge in [-0.25, -0.2) is 14.4 Å². The Hall–Kier alpha value is -3.33. The van der Waals surface area contributed by atoms with Crippen molar-refractivity contribution in [3.05, 3.63) is 64.1 Å². The van der Waals surface area contributed by atoms with Crippen LogP contribution in [0.25, 0.3) is 10.9 Å². The molecule has 3 heterocycles. The molecule has 0 bridgehead atoms. The smallest absolute Gasteiger partial charge is 0.261 e. The summed E-state index contributed by atoms with van der Waals surface area (Å²) in [5.41, 5.74) is 5.61. The summed E-state index contributed by atoms with van der Waals surface area (Å²) in [4.78, 5) is 40.0. The SMILES string of the molecule is CN(Cc1nccc(N)n1)C1CCN(C(=O)c2cc3ccc(F)cc3[nH]c2=O)C1. The number of nitrogens with zero attached hydrogens (tertiary/aromatic N) is 4. The maximum atomic E-state index is 13.4. The number of rotatable bonds is 4. The highest BCUT2D eigenvalue weighted by molar-refractivity contribution is 5.97. The fourth-order valence-corrected chi connectivity index (χ4v) is 3.63. The molecular formula is C20H21FN6O2. The number of carbonyl (C=O) groups is 1. The molecule has 3 N–H and O–H groups in total. The summed E-state index contributed by atoms with van der Waals surface area (Å²) in [7, 11) is 1.95. The van der Waals surface area contributed by atoms with Gasteiger partial charge in [0.05, 0.1) is 12.1 Å². The lowest BCUT2D eigenvalue weighted by Crippen LogP contribution is -2.38. The number of nitrogens with one attached hydrogen (secondary N) is 1. The summed E-state index contributed by atoms with van der Waals surface area (Å²) in [5.74, 6) is 0.271. The molecule has 0 saturated carbocycles. The molecule has 1 amide bonds. The molecule has 1 aliphatic rings. The average molecular weight is 396 g/mol. The normalized spacial score (nSPS) is 16.7. The third-order valence-corrected chi connectivity index (χ3v) is 5.23. The Bertz CT molecular complexity index is 1130. The summed E-state index contributed by atoms with van der Waals surface area (Å²) < 4.78 is 13.4. The van der Waals surface area contributed by atoms with E-state index in [1.807, 2.05) is 7.05 Å². The van der Waals surface area contributed by atoms with Gasteiger partial charge in [0, 0.05) is 25.3 Å². The molecular weight excluding hydrogens is 375 g/mol. The molecule has 0 spiro atoms. The first-order chi connectivity index (χ1) is 13.9. The van der Waals surface area contributed by atoms with Crippen molar-refractivity contribution < 1.29 is 9.18 Å². The van der Waals surface area contributed by atoms with Crippen LogP contribution in [0.3, 0.4) is 0 Å². The lowest BCUT2D eigenvalue weighted by molar-refractivity contribution is 0.0777. The van der Waals surface area contributed by atoms with Crippen molar-refractivity contribution in [2.24, 2.45) is 0 Å². The first kappa shape index (κ1) is 19.0. The van der Waals surface area contributed by atoms with E-state index >= 15 is 0 Å². The number of carbonyl (C=O) groups excluding carboxylic acids is 1. The highest BCUT2D eigenvalue weighted by Gasteiger charge is 2.30. The van der Waals surface area contributed by atoms with Crippen molar-refractivity contribution >= 4 is 22.6 Å². The van der Waals surface area contributed by atoms with Gasteiger partial charge in [-0.1, -0.05) is 0 Å². The number of halogens is 1. The third-order valence-electron chi connectivity index (χ3n) is 5.23. The molecule has 1 saturated heterocycles. The maximum Gasteiger partial charge on any atom is 0.261 e. The standard InChI is InChI=1S/C20H21FN6O2/c1-26(11-18-23-6-4-17(22)25-18)14-5-7-27(10-14)20(29)15-8-12-2-3-13(21)9-16(12)24-19(15)28/h2-4,6,8-9,14H,5,7,10-11H2,1H3,(H,24,28)(H2,22,23,25). The summed E-state index contributed by atoms with van der Waals surface area (Å²) in [6.07, 6.45) is 2.40. The summed E-state index contributed by atoms with van der Waals surface area (Å²) in [5, 5.41) is 0.612. The first-order valence-corrected chi connectivity index (χ1v) is 9.30. The Kier molecular flexibility index (Phi) is 4.98. The molecule has 150 valence electrons. The summed E-state index contributed by atoms with van der Waals surface area (Å²) in [6, 6.07) is 7.36. The van der Waals surface area contributed by atoms with Crippen LogP contribution < -0.4 is 11.3 Å². The van der Waals surface area contributed by atoms with Gasteiger partial charge in [0.1, 0.15) is 23.0 Å². The number of amides is 1. The van der Waals surface area contributed by atoms with E-state index in [4.69, 9.17) is 5.73 Å². The van der Waals surface area contributed by atoms with Gasteiger partial charge in [-0.2, -0.15) is 0 Å². The molecule has 1 aromatic carbocycles. The van der Waals surface area contributed by atoms with Crippen molar-refractivity contribution in [1.82, 2.24) is 24.8 Å². The van der Waals surface area contributed by atoms with Crippen LogP contribution in [0, 0.1) is 5.82 Å². The van der Waals surface area contributed by atoms with Crippen molar-refractivity contribution in [3.8, 4) is 0 Å². The van der Waals surface area contributed by atoms with Gasteiger partial charge in [-0.15, -0.1) is 0 Å². The van der Waals surface area contributed by atoms with Crippen LogP contribution in [0.4, 0.5) is 10.2 Å². The Balaban J connectivity index is 1.48. The molecule has 9 heteroatoms. The molecule has 1 fully saturated rings. The molecule has 1 aliphatic heterocycles. The Morgan fingerprint density at radius 3 is 3.00 bits per heavy atom. The van der Waals surface area contributed by atoms with Crippen LogP contribution in [-0.4, -0.2) is 56.8 Å². The number of nitrogens with two attached hydrogens (primary N) is 1. The zero-order valence-electron chi connectivity index (χ0n) is 15.9. The number of hydrogen-bond acceptors (Lipinski definition) is 6. The zero-order valence-corrected chi connectivity index (χ0v) is 15.9. The van der Waals surface area contributed by atoms with Gasteiger partial charge in [0.15, 0.2) is 0 Å². The largest absolute Gasteiger partial charge is 0.384 e. The van der Waals surface area contributed by atoms with Crippen molar-refractivity contribution in [2.45, 2.75) is 19.0 Å². The van der Waals surface area contributed by atoms with Gasteiger partial charge < -0.3 is 15.6 Å². The van der Waals surface area contributed by atoms with Crippen LogP contribution in [0.15, 0.2) is 41.3 Å². The number of nitrogen functional groups attached to an aromatic ring is 1. The number of aromatic amines is 1. The molecule has 1 atom stereocenters. The van der Waals surface area contributed by atoms with Crippen molar-refractivity contribution in [2.75, 3.05) is 25.9 Å². The second-order valence-corrected chi connectivity index (χ2v) is 7.25. The van der Waals surface area contributed by atoms with E-state index in [0.29, 0.717) is 42.2 Å². The predicted octanol–water partition coefficient (Wildman–Crippen LogP) is 1.39. The lowest BCUT2D eigenvalue weighted by atomic mass is 10.1. The maximum absolute atomic E-state index is 13.4. The lowest BCUT2D eigenvalue weighted by Gasteiger charge is -2.24. The number of likely N-dealkylation sites (tertiary alicyclic amines) is 1. The van der Waals surface area contributed by atoms with Gasteiger partial charge in [0.2, 0.25) is 0 Å². The number of hydrogen-bond donors (Lipinski definition) is 2. The van der Waals surface area contributed by atoms with E-state index in [-0.39, 0.29) is 17.5 Å². The topological polar surface area (TPSA) is 108 Å². The quantitative estimate of drug-likeness (QED) is 0.690. The van der Waals surface area contributed by atoms with Crippen LogP contribution in [0.1, 0.15) is 22.6 Å². The average Bonchev–Trinajstić information content (AvgIpc) is 3.17. The molecule has 0 aliphatic carbocycles. The second kappa shape index (κ2) is 7.59. The predicted molar refractivity (Wildman–Crippen MR) is 107 cm³/mol. The number of H-pyrrole nitrogens is 1. The minimum absolute atomic E-state index is 0.0616. The minimum atomic E-state index is -0.516.